The van der Waals surface area contributed by atoms with E-state index in [2.05, 4.69) is 12.2 Å². The van der Waals surface area contributed by atoms with Gasteiger partial charge in [-0.3, -0.25) is 0 Å². The zero-order valence-electron chi connectivity index (χ0n) is 13.0. The summed E-state index contributed by atoms with van der Waals surface area (Å²) in [5, 5.41) is 3.10. The fourth-order valence-corrected chi connectivity index (χ4v) is 5.43. The van der Waals surface area contributed by atoms with Gasteiger partial charge in [0, 0.05) is 43.8 Å². The minimum Gasteiger partial charge on any atom is -0.349 e. The van der Waals surface area contributed by atoms with E-state index in [1.54, 1.807) is 23.6 Å². The number of aromatic nitrogens is 1. The molecule has 0 radical (unpaired) electrons. The van der Waals surface area contributed by atoms with Crippen LogP contribution in [0.25, 0.3) is 0 Å². The SMILES string of the molecule is CCCn1cc(S(=O)(=O)N(C)C2CCSC2)cc1CNC. The van der Waals surface area contributed by atoms with Gasteiger partial charge in [0.2, 0.25) is 10.0 Å². The molecule has 0 aliphatic carbocycles. The summed E-state index contributed by atoms with van der Waals surface area (Å²) in [5.74, 6) is 1.95. The van der Waals surface area contributed by atoms with Crippen molar-refractivity contribution in [2.45, 2.75) is 43.8 Å². The Kier molecular flexibility index (Phi) is 5.76. The van der Waals surface area contributed by atoms with Crippen molar-refractivity contribution in [1.82, 2.24) is 14.2 Å². The lowest BCUT2D eigenvalue weighted by atomic mass is 10.3. The minimum atomic E-state index is -3.39. The highest BCUT2D eigenvalue weighted by Crippen LogP contribution is 2.27. The lowest BCUT2D eigenvalue weighted by molar-refractivity contribution is 0.394. The molecule has 0 amide bonds. The van der Waals surface area contributed by atoms with E-state index in [1.807, 2.05) is 23.4 Å². The first-order valence-electron chi connectivity index (χ1n) is 7.40. The zero-order chi connectivity index (χ0) is 15.5. The van der Waals surface area contributed by atoms with Crippen LogP contribution in [0.3, 0.4) is 0 Å². The van der Waals surface area contributed by atoms with E-state index >= 15 is 0 Å². The van der Waals surface area contributed by atoms with Crippen molar-refractivity contribution in [3.8, 4) is 0 Å². The first-order chi connectivity index (χ1) is 10.0. The molecule has 1 aliphatic heterocycles. The Labute approximate surface area is 132 Å². The Morgan fingerprint density at radius 2 is 2.29 bits per heavy atom. The molecule has 21 heavy (non-hydrogen) atoms. The highest BCUT2D eigenvalue weighted by atomic mass is 32.2. The summed E-state index contributed by atoms with van der Waals surface area (Å²) in [6, 6.07) is 1.93. The van der Waals surface area contributed by atoms with Crippen molar-refractivity contribution in [1.29, 1.82) is 0 Å². The quantitative estimate of drug-likeness (QED) is 0.827. The Hall–Kier alpha value is -0.500. The van der Waals surface area contributed by atoms with Crippen LogP contribution in [-0.2, 0) is 23.1 Å². The minimum absolute atomic E-state index is 0.127. The molecule has 1 aromatic heterocycles. The van der Waals surface area contributed by atoms with E-state index in [4.69, 9.17) is 0 Å². The van der Waals surface area contributed by atoms with Gasteiger partial charge in [0.1, 0.15) is 4.90 Å². The molecule has 1 unspecified atom stereocenters. The number of hydrogen-bond donors (Lipinski definition) is 1. The molecule has 5 nitrogen and oxygen atoms in total. The molecule has 1 atom stereocenters. The summed E-state index contributed by atoms with van der Waals surface area (Å²) < 4.78 is 29.2. The molecule has 2 heterocycles. The number of hydrogen-bond acceptors (Lipinski definition) is 4. The zero-order valence-corrected chi connectivity index (χ0v) is 14.6. The predicted molar refractivity (Wildman–Crippen MR) is 88.2 cm³/mol. The third-order valence-corrected chi connectivity index (χ3v) is 6.90. The predicted octanol–water partition coefficient (Wildman–Crippen LogP) is 1.74. The van der Waals surface area contributed by atoms with E-state index < -0.39 is 10.0 Å². The molecular weight excluding hydrogens is 306 g/mol. The normalized spacial score (nSPS) is 19.5. The molecule has 7 heteroatoms. The topological polar surface area (TPSA) is 54.3 Å². The first-order valence-corrected chi connectivity index (χ1v) is 9.99. The smallest absolute Gasteiger partial charge is 0.244 e. The molecule has 1 aliphatic rings. The van der Waals surface area contributed by atoms with E-state index in [1.165, 1.54) is 0 Å². The van der Waals surface area contributed by atoms with Crippen molar-refractivity contribution in [2.24, 2.45) is 0 Å². The lowest BCUT2D eigenvalue weighted by Gasteiger charge is -2.22. The number of nitrogens with one attached hydrogen (secondary N) is 1. The van der Waals surface area contributed by atoms with Crippen LogP contribution in [0.2, 0.25) is 0 Å². The maximum atomic E-state index is 12.8. The lowest BCUT2D eigenvalue weighted by Crippen LogP contribution is -2.36. The maximum absolute atomic E-state index is 12.8. The van der Waals surface area contributed by atoms with Crippen LogP contribution in [0.15, 0.2) is 17.2 Å². The fraction of sp³-hybridized carbons (Fsp3) is 0.714. The van der Waals surface area contributed by atoms with Gasteiger partial charge in [0.15, 0.2) is 0 Å². The second-order valence-corrected chi connectivity index (χ2v) is 8.58. The highest BCUT2D eigenvalue weighted by Gasteiger charge is 2.31. The second kappa shape index (κ2) is 7.17. The van der Waals surface area contributed by atoms with Gasteiger partial charge in [-0.1, -0.05) is 6.92 Å². The average molecular weight is 332 g/mol. The largest absolute Gasteiger partial charge is 0.349 e. The highest BCUT2D eigenvalue weighted by molar-refractivity contribution is 7.99. The third kappa shape index (κ3) is 3.64. The molecule has 1 fully saturated rings. The van der Waals surface area contributed by atoms with E-state index in [0.29, 0.717) is 11.4 Å². The summed E-state index contributed by atoms with van der Waals surface area (Å²) in [6.07, 6.45) is 3.71. The molecule has 120 valence electrons. The standard InChI is InChI=1S/C14H25N3O2S2/c1-4-6-17-10-14(8-13(17)9-15-2)21(18,19)16(3)12-5-7-20-11-12/h8,10,12,15H,4-7,9,11H2,1-3H3. The molecule has 1 N–H and O–H groups in total. The first kappa shape index (κ1) is 16.9. The molecule has 0 aromatic carbocycles. The van der Waals surface area contributed by atoms with Crippen molar-refractivity contribution in [3.63, 3.8) is 0 Å². The monoisotopic (exact) mass is 331 g/mol. The van der Waals surface area contributed by atoms with Crippen molar-refractivity contribution in [2.75, 3.05) is 25.6 Å². The van der Waals surface area contributed by atoms with Crippen LogP contribution in [0, 0.1) is 0 Å². The number of thioether (sulfide) groups is 1. The van der Waals surface area contributed by atoms with Gasteiger partial charge < -0.3 is 9.88 Å². The van der Waals surface area contributed by atoms with Gasteiger partial charge in [0.05, 0.1) is 0 Å². The maximum Gasteiger partial charge on any atom is 0.244 e. The van der Waals surface area contributed by atoms with E-state index in [0.717, 1.165) is 36.6 Å². The Bertz CT molecular complexity index is 539. The van der Waals surface area contributed by atoms with Crippen LogP contribution in [0.4, 0.5) is 0 Å². The Morgan fingerprint density at radius 1 is 1.52 bits per heavy atom. The number of rotatable bonds is 7. The third-order valence-electron chi connectivity index (χ3n) is 3.88. The molecule has 1 aromatic rings. The van der Waals surface area contributed by atoms with E-state index in [9.17, 15) is 8.42 Å². The molecule has 2 rings (SSSR count). The molecule has 0 saturated carbocycles. The summed E-state index contributed by atoms with van der Waals surface area (Å²) in [5.41, 5.74) is 1.02. The molecule has 0 bridgehead atoms. The second-order valence-electron chi connectivity index (χ2n) is 5.43. The van der Waals surface area contributed by atoms with Gasteiger partial charge >= 0.3 is 0 Å². The van der Waals surface area contributed by atoms with E-state index in [-0.39, 0.29) is 6.04 Å². The van der Waals surface area contributed by atoms with Gasteiger partial charge in [-0.05, 0) is 31.7 Å². The molecular formula is C14H25N3O2S2. The Balaban J connectivity index is 2.28. The average Bonchev–Trinajstić information content (AvgIpc) is 3.09. The Morgan fingerprint density at radius 3 is 2.86 bits per heavy atom. The van der Waals surface area contributed by atoms with Crippen LogP contribution in [-0.4, -0.2) is 48.9 Å². The van der Waals surface area contributed by atoms with Gasteiger partial charge in [-0.25, -0.2) is 8.42 Å². The van der Waals surface area contributed by atoms with Crippen LogP contribution in [0.5, 0.6) is 0 Å². The van der Waals surface area contributed by atoms with Crippen LogP contribution in [0.1, 0.15) is 25.5 Å². The van der Waals surface area contributed by atoms with Gasteiger partial charge in [0.25, 0.3) is 0 Å². The number of nitrogens with zero attached hydrogens (tertiary/aromatic N) is 2. The van der Waals surface area contributed by atoms with Crippen molar-refractivity contribution < 1.29 is 8.42 Å². The number of sulfonamides is 1. The summed E-state index contributed by atoms with van der Waals surface area (Å²) in [6.45, 7) is 3.62. The number of aryl methyl sites for hydroxylation is 1. The summed E-state index contributed by atoms with van der Waals surface area (Å²) in [7, 11) is 0.194. The molecule has 0 spiro atoms. The van der Waals surface area contributed by atoms with Crippen molar-refractivity contribution in [3.05, 3.63) is 18.0 Å². The summed E-state index contributed by atoms with van der Waals surface area (Å²) >= 11 is 1.83. The van der Waals surface area contributed by atoms with Crippen LogP contribution < -0.4 is 5.32 Å². The van der Waals surface area contributed by atoms with Gasteiger partial charge in [-0.15, -0.1) is 0 Å². The summed E-state index contributed by atoms with van der Waals surface area (Å²) in [4.78, 5) is 0.417. The fourth-order valence-electron chi connectivity index (χ4n) is 2.62. The molecule has 1 saturated heterocycles. The van der Waals surface area contributed by atoms with Crippen molar-refractivity contribution >= 4 is 21.8 Å². The van der Waals surface area contributed by atoms with Crippen LogP contribution >= 0.6 is 11.8 Å². The van der Waals surface area contributed by atoms with Gasteiger partial charge in [-0.2, -0.15) is 16.1 Å².